The summed E-state index contributed by atoms with van der Waals surface area (Å²) in [4.78, 5) is 49.6. The summed E-state index contributed by atoms with van der Waals surface area (Å²) in [5, 5.41) is 60.7. The van der Waals surface area contributed by atoms with Crippen LogP contribution in [0.15, 0.2) is 24.3 Å². The minimum absolute atomic E-state index is 0.525. The summed E-state index contributed by atoms with van der Waals surface area (Å²) in [6, 6.07) is 2.26. The second-order valence-corrected chi connectivity index (χ2v) is 6.53. The number of aliphatic hydroxyl groups excluding tert-OH is 2. The highest BCUT2D eigenvalue weighted by atomic mass is 16.3. The normalized spacial score (nSPS) is 15.8. The van der Waals surface area contributed by atoms with Crippen molar-refractivity contribution in [2.24, 2.45) is 0 Å². The van der Waals surface area contributed by atoms with Gasteiger partial charge in [0.05, 0.1) is 22.3 Å². The van der Waals surface area contributed by atoms with E-state index in [1.165, 1.54) is 0 Å². The summed E-state index contributed by atoms with van der Waals surface area (Å²) in [5.41, 5.74) is -4.19. The van der Waals surface area contributed by atoms with E-state index in [1.807, 2.05) is 0 Å². The van der Waals surface area contributed by atoms with Gasteiger partial charge in [0.2, 0.25) is 23.1 Å². The maximum absolute atomic E-state index is 12.7. The minimum atomic E-state index is -1.43. The molecule has 30 heavy (non-hydrogen) atoms. The second kappa shape index (κ2) is 5.95. The number of phenolic OH excluding ortho intramolecular Hbond substituents is 4. The predicted octanol–water partition coefficient (Wildman–Crippen LogP) is 1.36. The van der Waals surface area contributed by atoms with E-state index in [9.17, 15) is 49.8 Å². The van der Waals surface area contributed by atoms with Gasteiger partial charge in [0.1, 0.15) is 34.5 Å². The first-order valence-electron chi connectivity index (χ1n) is 8.22. The molecule has 0 spiro atoms. The van der Waals surface area contributed by atoms with Gasteiger partial charge in [0.25, 0.3) is 0 Å². The van der Waals surface area contributed by atoms with Gasteiger partial charge in [-0.25, -0.2) is 0 Å². The van der Waals surface area contributed by atoms with E-state index in [-0.39, 0.29) is 0 Å². The maximum atomic E-state index is 12.7. The summed E-state index contributed by atoms with van der Waals surface area (Å²) in [7, 11) is 0. The lowest BCUT2D eigenvalue weighted by Crippen LogP contribution is -2.27. The number of benzene rings is 2. The molecule has 10 heteroatoms. The van der Waals surface area contributed by atoms with Gasteiger partial charge in [-0.2, -0.15) is 0 Å². The van der Waals surface area contributed by atoms with E-state index >= 15 is 0 Å². The molecule has 0 aromatic heterocycles. The molecule has 150 valence electrons. The zero-order valence-electron chi connectivity index (χ0n) is 14.6. The first-order valence-corrected chi connectivity index (χ1v) is 8.22. The minimum Gasteiger partial charge on any atom is -0.508 e. The maximum Gasteiger partial charge on any atom is 0.238 e. The highest BCUT2D eigenvalue weighted by molar-refractivity contribution is 6.63. The van der Waals surface area contributed by atoms with Crippen LogP contribution in [0.2, 0.25) is 0 Å². The number of Topliss-reactive ketones (excluding diaryl/α,β-unsaturated/α-hetero) is 3. The van der Waals surface area contributed by atoms with Crippen molar-refractivity contribution in [2.45, 2.75) is 0 Å². The van der Waals surface area contributed by atoms with Crippen LogP contribution in [0.1, 0.15) is 37.4 Å². The number of fused-ring (bicyclic) bond motifs is 2. The molecular weight excluding hydrogens is 400 g/mol. The van der Waals surface area contributed by atoms with Crippen LogP contribution < -0.4 is 0 Å². The Kier molecular flexibility index (Phi) is 3.72. The standard InChI is InChI=1S/C20H10O10/c21-5-1-6-12(7(22)2-5)19(29)16(20(30)17(6)27)14-10(25)3-8(23)13-9(24)4-11(26)18(28)15(13)14/h1-4,21-25,29H. The summed E-state index contributed by atoms with van der Waals surface area (Å²) >= 11 is 0. The van der Waals surface area contributed by atoms with Gasteiger partial charge in [-0.1, -0.05) is 0 Å². The van der Waals surface area contributed by atoms with Gasteiger partial charge in [-0.05, 0) is 6.07 Å². The van der Waals surface area contributed by atoms with Crippen LogP contribution in [-0.4, -0.2) is 53.8 Å². The quantitative estimate of drug-likeness (QED) is 0.374. The summed E-state index contributed by atoms with van der Waals surface area (Å²) < 4.78 is 0. The van der Waals surface area contributed by atoms with Gasteiger partial charge >= 0.3 is 0 Å². The Hall–Kier alpha value is -4.60. The molecule has 0 saturated heterocycles. The third-order valence-corrected chi connectivity index (χ3v) is 4.76. The Bertz CT molecular complexity index is 1310. The van der Waals surface area contributed by atoms with E-state index in [1.54, 1.807) is 0 Å². The lowest BCUT2D eigenvalue weighted by molar-refractivity contribution is -0.111. The lowest BCUT2D eigenvalue weighted by atomic mass is 9.79. The van der Waals surface area contributed by atoms with Crippen molar-refractivity contribution in [3.63, 3.8) is 0 Å². The Balaban J connectivity index is 2.17. The number of carbonyl (C=O) groups excluding carboxylic acids is 4. The van der Waals surface area contributed by atoms with Crippen LogP contribution in [0.3, 0.4) is 0 Å². The highest BCUT2D eigenvalue weighted by Gasteiger charge is 2.42. The molecule has 10 nitrogen and oxygen atoms in total. The molecule has 0 aliphatic heterocycles. The predicted molar refractivity (Wildman–Crippen MR) is 98.3 cm³/mol. The number of carbonyl (C=O) groups is 4. The zero-order valence-corrected chi connectivity index (χ0v) is 14.6. The molecule has 0 unspecified atom stereocenters. The smallest absolute Gasteiger partial charge is 0.238 e. The van der Waals surface area contributed by atoms with Crippen molar-refractivity contribution < 1.29 is 49.8 Å². The first-order chi connectivity index (χ1) is 14.0. The van der Waals surface area contributed by atoms with Crippen LogP contribution in [0.25, 0.3) is 17.1 Å². The van der Waals surface area contributed by atoms with Crippen molar-refractivity contribution in [3.8, 4) is 23.0 Å². The van der Waals surface area contributed by atoms with Crippen LogP contribution >= 0.6 is 0 Å². The van der Waals surface area contributed by atoms with Gasteiger partial charge in [0.15, 0.2) is 0 Å². The molecule has 0 atom stereocenters. The molecule has 0 bridgehead atoms. The van der Waals surface area contributed by atoms with Crippen molar-refractivity contribution in [3.05, 3.63) is 52.1 Å². The van der Waals surface area contributed by atoms with Crippen LogP contribution in [0, 0.1) is 0 Å². The Labute approximate surface area is 165 Å². The highest BCUT2D eigenvalue weighted by Crippen LogP contribution is 2.46. The Morgan fingerprint density at radius 2 is 1.17 bits per heavy atom. The fourth-order valence-electron chi connectivity index (χ4n) is 3.52. The monoisotopic (exact) mass is 410 g/mol. The second-order valence-electron chi connectivity index (χ2n) is 6.53. The summed E-state index contributed by atoms with van der Waals surface area (Å²) in [5.74, 6) is -10.3. The van der Waals surface area contributed by atoms with Crippen molar-refractivity contribution in [1.82, 2.24) is 0 Å². The van der Waals surface area contributed by atoms with E-state index in [2.05, 4.69) is 0 Å². The average Bonchev–Trinajstić information content (AvgIpc) is 2.65. The fourth-order valence-corrected chi connectivity index (χ4v) is 3.52. The number of hydrogen-bond acceptors (Lipinski definition) is 10. The number of aliphatic hydroxyl groups is 2. The van der Waals surface area contributed by atoms with Crippen LogP contribution in [-0.2, 0) is 9.59 Å². The first kappa shape index (κ1) is 18.7. The Morgan fingerprint density at radius 3 is 1.83 bits per heavy atom. The van der Waals surface area contributed by atoms with Gasteiger partial charge in [0, 0.05) is 29.3 Å². The molecule has 2 aromatic rings. The molecular formula is C20H10O10. The van der Waals surface area contributed by atoms with E-state index in [4.69, 9.17) is 0 Å². The van der Waals surface area contributed by atoms with E-state index in [0.717, 1.165) is 12.1 Å². The van der Waals surface area contributed by atoms with Gasteiger partial charge < -0.3 is 30.6 Å². The summed E-state index contributed by atoms with van der Waals surface area (Å²) in [6.07, 6.45) is 0.525. The fraction of sp³-hybridized carbons (Fsp3) is 0. The van der Waals surface area contributed by atoms with Crippen molar-refractivity contribution in [2.75, 3.05) is 0 Å². The molecule has 0 saturated carbocycles. The largest absolute Gasteiger partial charge is 0.508 e. The Morgan fingerprint density at radius 1 is 0.567 bits per heavy atom. The van der Waals surface area contributed by atoms with Crippen LogP contribution in [0.5, 0.6) is 23.0 Å². The third-order valence-electron chi connectivity index (χ3n) is 4.76. The molecule has 0 fully saturated rings. The molecule has 2 aliphatic rings. The molecule has 2 aliphatic carbocycles. The number of phenols is 4. The molecule has 4 rings (SSSR count). The molecule has 2 aromatic carbocycles. The van der Waals surface area contributed by atoms with Crippen molar-refractivity contribution in [1.29, 1.82) is 0 Å². The molecule has 0 radical (unpaired) electrons. The number of aromatic hydroxyl groups is 4. The molecule has 6 N–H and O–H groups in total. The average molecular weight is 410 g/mol. The van der Waals surface area contributed by atoms with E-state index < -0.39 is 91.0 Å². The van der Waals surface area contributed by atoms with Gasteiger partial charge in [-0.3, -0.25) is 19.2 Å². The van der Waals surface area contributed by atoms with Gasteiger partial charge in [-0.15, -0.1) is 0 Å². The summed E-state index contributed by atoms with van der Waals surface area (Å²) in [6.45, 7) is 0. The molecule has 0 amide bonds. The topological polar surface area (TPSA) is 190 Å². The number of allylic oxidation sites excluding steroid dienone is 2. The number of hydrogen-bond donors (Lipinski definition) is 6. The number of ketones is 4. The zero-order chi connectivity index (χ0) is 22.1. The third kappa shape index (κ3) is 2.30. The SMILES string of the molecule is O=C1C=C(O)c2c(O)cc(O)c(C3=C(O)c4c(O)cc(O)cc4C(=O)C3=O)c2C1=O. The molecule has 0 heterocycles. The lowest BCUT2D eigenvalue weighted by Gasteiger charge is -2.23. The van der Waals surface area contributed by atoms with Crippen molar-refractivity contribution >= 4 is 40.2 Å². The number of rotatable bonds is 1. The van der Waals surface area contributed by atoms with E-state index in [0.29, 0.717) is 12.1 Å². The van der Waals surface area contributed by atoms with Crippen LogP contribution in [0.4, 0.5) is 0 Å².